The fourth-order valence-corrected chi connectivity index (χ4v) is 1.79. The third-order valence-electron chi connectivity index (χ3n) is 2.41. The summed E-state index contributed by atoms with van der Waals surface area (Å²) in [7, 11) is 4.16. The molecule has 0 saturated heterocycles. The molecule has 0 atom stereocenters. The summed E-state index contributed by atoms with van der Waals surface area (Å²) in [5, 5.41) is 1.31. The van der Waals surface area contributed by atoms with E-state index in [9.17, 15) is 0 Å². The van der Waals surface area contributed by atoms with Crippen molar-refractivity contribution in [1.82, 2.24) is 9.88 Å². The highest BCUT2D eigenvalue weighted by molar-refractivity contribution is 5.83. The Morgan fingerprint density at radius 1 is 1.29 bits per heavy atom. The van der Waals surface area contributed by atoms with E-state index in [4.69, 9.17) is 0 Å². The number of fused-ring (bicyclic) bond motifs is 1. The molecule has 14 heavy (non-hydrogen) atoms. The molecule has 0 aliphatic rings. The van der Waals surface area contributed by atoms with Gasteiger partial charge in [0.15, 0.2) is 0 Å². The zero-order valence-corrected chi connectivity index (χ0v) is 8.96. The highest BCUT2D eigenvalue weighted by atomic mass is 15.1. The largest absolute Gasteiger partial charge is 0.357 e. The van der Waals surface area contributed by atoms with Gasteiger partial charge >= 0.3 is 0 Å². The van der Waals surface area contributed by atoms with Crippen LogP contribution in [0.3, 0.4) is 0 Å². The first kappa shape index (κ1) is 9.28. The molecule has 1 N–H and O–H groups in total. The Bertz CT molecular complexity index is 441. The van der Waals surface area contributed by atoms with Crippen molar-refractivity contribution in [2.75, 3.05) is 14.1 Å². The number of hydrogen-bond acceptors (Lipinski definition) is 1. The third kappa shape index (κ3) is 1.66. The van der Waals surface area contributed by atoms with Crippen molar-refractivity contribution in [3.05, 3.63) is 35.5 Å². The summed E-state index contributed by atoms with van der Waals surface area (Å²) >= 11 is 0. The third-order valence-corrected chi connectivity index (χ3v) is 2.41. The lowest BCUT2D eigenvalue weighted by Gasteiger charge is -2.06. The number of nitrogens with one attached hydrogen (secondary N) is 1. The molecular weight excluding hydrogens is 172 g/mol. The fourth-order valence-electron chi connectivity index (χ4n) is 1.79. The minimum Gasteiger partial charge on any atom is -0.357 e. The number of para-hydroxylation sites is 1. The van der Waals surface area contributed by atoms with Crippen molar-refractivity contribution < 1.29 is 0 Å². The normalized spacial score (nSPS) is 11.4. The van der Waals surface area contributed by atoms with E-state index in [1.165, 1.54) is 22.2 Å². The molecule has 0 aliphatic heterocycles. The Kier molecular flexibility index (Phi) is 2.30. The van der Waals surface area contributed by atoms with Crippen molar-refractivity contribution in [3.8, 4) is 0 Å². The lowest BCUT2D eigenvalue weighted by molar-refractivity contribution is 0.398. The van der Waals surface area contributed by atoms with Gasteiger partial charge in [0, 0.05) is 17.8 Å². The van der Waals surface area contributed by atoms with Crippen LogP contribution < -0.4 is 0 Å². The van der Waals surface area contributed by atoms with E-state index in [-0.39, 0.29) is 0 Å². The van der Waals surface area contributed by atoms with Gasteiger partial charge in [-0.05, 0) is 38.0 Å². The van der Waals surface area contributed by atoms with Crippen molar-refractivity contribution in [3.63, 3.8) is 0 Å². The van der Waals surface area contributed by atoms with Crippen LogP contribution in [-0.4, -0.2) is 24.0 Å². The molecule has 2 rings (SSSR count). The van der Waals surface area contributed by atoms with Crippen LogP contribution in [0.2, 0.25) is 0 Å². The molecular formula is C12H16N2. The van der Waals surface area contributed by atoms with E-state index in [1.54, 1.807) is 0 Å². The quantitative estimate of drug-likeness (QED) is 0.767. The molecule has 0 bridgehead atoms. The van der Waals surface area contributed by atoms with Crippen LogP contribution in [0, 0.1) is 6.92 Å². The molecule has 1 aromatic carbocycles. The van der Waals surface area contributed by atoms with Crippen LogP contribution in [0.25, 0.3) is 10.9 Å². The van der Waals surface area contributed by atoms with Crippen molar-refractivity contribution in [1.29, 1.82) is 0 Å². The maximum Gasteiger partial charge on any atom is 0.0486 e. The zero-order valence-electron chi connectivity index (χ0n) is 8.96. The van der Waals surface area contributed by atoms with Gasteiger partial charge in [-0.1, -0.05) is 18.2 Å². The average Bonchev–Trinajstić information content (AvgIpc) is 2.47. The first-order valence-electron chi connectivity index (χ1n) is 4.89. The van der Waals surface area contributed by atoms with Crippen LogP contribution in [-0.2, 0) is 6.54 Å². The molecule has 0 saturated carbocycles. The monoisotopic (exact) mass is 188 g/mol. The molecule has 1 aromatic heterocycles. The molecule has 1 heterocycles. The van der Waals surface area contributed by atoms with Gasteiger partial charge < -0.3 is 9.88 Å². The standard InChI is InChI=1S/C12H16N2/c1-9-5-4-6-10-7-11(8-14(2)3)13-12(9)10/h4-7,13H,8H2,1-3H3. The second kappa shape index (κ2) is 3.46. The van der Waals surface area contributed by atoms with Crippen molar-refractivity contribution in [2.24, 2.45) is 0 Å². The van der Waals surface area contributed by atoms with Crippen molar-refractivity contribution >= 4 is 10.9 Å². The van der Waals surface area contributed by atoms with E-state index < -0.39 is 0 Å². The summed E-state index contributed by atoms with van der Waals surface area (Å²) in [6.07, 6.45) is 0. The SMILES string of the molecule is Cc1cccc2cc(CN(C)C)[nH]c12. The lowest BCUT2D eigenvalue weighted by atomic mass is 10.2. The maximum absolute atomic E-state index is 3.45. The maximum atomic E-state index is 3.45. The molecule has 0 spiro atoms. The van der Waals surface area contributed by atoms with Crippen molar-refractivity contribution in [2.45, 2.75) is 13.5 Å². The summed E-state index contributed by atoms with van der Waals surface area (Å²) in [4.78, 5) is 5.62. The van der Waals surface area contributed by atoms with E-state index >= 15 is 0 Å². The summed E-state index contributed by atoms with van der Waals surface area (Å²) in [6, 6.07) is 8.61. The molecule has 0 radical (unpaired) electrons. The molecule has 0 unspecified atom stereocenters. The Balaban J connectivity index is 2.46. The minimum absolute atomic E-state index is 0.966. The van der Waals surface area contributed by atoms with E-state index in [1.807, 2.05) is 0 Å². The number of H-pyrrole nitrogens is 1. The molecule has 2 aromatic rings. The lowest BCUT2D eigenvalue weighted by Crippen LogP contribution is -2.10. The number of nitrogens with zero attached hydrogens (tertiary/aromatic N) is 1. The average molecular weight is 188 g/mol. The van der Waals surface area contributed by atoms with Crippen LogP contribution in [0.4, 0.5) is 0 Å². The molecule has 0 aliphatic carbocycles. The predicted octanol–water partition coefficient (Wildman–Crippen LogP) is 2.54. The molecule has 2 nitrogen and oxygen atoms in total. The second-order valence-electron chi connectivity index (χ2n) is 4.07. The van der Waals surface area contributed by atoms with Gasteiger partial charge in [0.2, 0.25) is 0 Å². The van der Waals surface area contributed by atoms with E-state index in [0.717, 1.165) is 6.54 Å². The van der Waals surface area contributed by atoms with Gasteiger partial charge in [-0.3, -0.25) is 0 Å². The summed E-state index contributed by atoms with van der Waals surface area (Å²) in [5.41, 5.74) is 3.86. The highest BCUT2D eigenvalue weighted by Gasteiger charge is 2.02. The Hall–Kier alpha value is -1.28. The second-order valence-corrected chi connectivity index (χ2v) is 4.07. The Labute approximate surface area is 84.5 Å². The molecule has 2 heteroatoms. The predicted molar refractivity (Wildman–Crippen MR) is 60.4 cm³/mol. The first-order valence-corrected chi connectivity index (χ1v) is 4.89. The fraction of sp³-hybridized carbons (Fsp3) is 0.333. The smallest absolute Gasteiger partial charge is 0.0486 e. The van der Waals surface area contributed by atoms with Crippen LogP contribution >= 0.6 is 0 Å². The number of rotatable bonds is 2. The summed E-state index contributed by atoms with van der Waals surface area (Å²) < 4.78 is 0. The van der Waals surface area contributed by atoms with Crippen LogP contribution in [0.5, 0.6) is 0 Å². The summed E-state index contributed by atoms with van der Waals surface area (Å²) in [6.45, 7) is 3.10. The van der Waals surface area contributed by atoms with Gasteiger partial charge in [-0.25, -0.2) is 0 Å². The molecule has 74 valence electrons. The van der Waals surface area contributed by atoms with Gasteiger partial charge in [-0.2, -0.15) is 0 Å². The summed E-state index contributed by atoms with van der Waals surface area (Å²) in [5.74, 6) is 0. The molecule has 0 amide bonds. The topological polar surface area (TPSA) is 19.0 Å². The van der Waals surface area contributed by atoms with Crippen LogP contribution in [0.15, 0.2) is 24.3 Å². The number of hydrogen-bond donors (Lipinski definition) is 1. The molecule has 0 fully saturated rings. The Morgan fingerprint density at radius 3 is 2.71 bits per heavy atom. The van der Waals surface area contributed by atoms with Gasteiger partial charge in [0.1, 0.15) is 0 Å². The minimum atomic E-state index is 0.966. The number of aromatic nitrogens is 1. The van der Waals surface area contributed by atoms with Crippen LogP contribution in [0.1, 0.15) is 11.3 Å². The highest BCUT2D eigenvalue weighted by Crippen LogP contribution is 2.19. The number of aromatic amines is 1. The van der Waals surface area contributed by atoms with Gasteiger partial charge in [0.25, 0.3) is 0 Å². The Morgan fingerprint density at radius 2 is 2.07 bits per heavy atom. The number of aryl methyl sites for hydroxylation is 1. The first-order chi connectivity index (χ1) is 6.66. The zero-order chi connectivity index (χ0) is 10.1. The van der Waals surface area contributed by atoms with Gasteiger partial charge in [-0.15, -0.1) is 0 Å². The van der Waals surface area contributed by atoms with E-state index in [0.29, 0.717) is 0 Å². The van der Waals surface area contributed by atoms with Gasteiger partial charge in [0.05, 0.1) is 0 Å². The number of benzene rings is 1. The van der Waals surface area contributed by atoms with E-state index in [2.05, 4.69) is 55.2 Å².